The monoisotopic (exact) mass is 310 g/mol. The highest BCUT2D eigenvalue weighted by Gasteiger charge is 2.52. The van der Waals surface area contributed by atoms with E-state index in [9.17, 15) is 5.11 Å². The van der Waals surface area contributed by atoms with Gasteiger partial charge in [-0.3, -0.25) is 0 Å². The van der Waals surface area contributed by atoms with Crippen molar-refractivity contribution in [3.8, 4) is 0 Å². The molecule has 1 aliphatic heterocycles. The van der Waals surface area contributed by atoms with Crippen LogP contribution in [0, 0.1) is 0 Å². The summed E-state index contributed by atoms with van der Waals surface area (Å²) in [6.45, 7) is 7.67. The van der Waals surface area contributed by atoms with E-state index in [4.69, 9.17) is 26.6 Å². The fraction of sp³-hybridized carbons (Fsp3) is 0.500. The van der Waals surface area contributed by atoms with Crippen molar-refractivity contribution in [2.45, 2.75) is 38.9 Å². The summed E-state index contributed by atoms with van der Waals surface area (Å²) in [4.78, 5) is 3.98. The van der Waals surface area contributed by atoms with Crippen LogP contribution >= 0.6 is 11.6 Å². The quantitative estimate of drug-likeness (QED) is 0.662. The molecule has 5 nitrogen and oxygen atoms in total. The van der Waals surface area contributed by atoms with Gasteiger partial charge in [-0.2, -0.15) is 0 Å². The number of rotatable bonds is 3. The number of aromatic nitrogens is 1. The molecule has 0 spiro atoms. The predicted molar refractivity (Wildman–Crippen MR) is 84.8 cm³/mol. The van der Waals surface area contributed by atoms with E-state index in [1.807, 2.05) is 27.7 Å². The molecule has 2 heterocycles. The molecule has 3 N–H and O–H groups in total. The summed E-state index contributed by atoms with van der Waals surface area (Å²) in [7, 11) is -0.600. The number of nitrogens with zero attached hydrogens (tertiary/aromatic N) is 1. The highest BCUT2D eigenvalue weighted by atomic mass is 35.5. The van der Waals surface area contributed by atoms with E-state index < -0.39 is 18.3 Å². The minimum Gasteiger partial charge on any atom is -0.400 e. The molecule has 0 radical (unpaired) electrons. The topological polar surface area (TPSA) is 77.6 Å². The van der Waals surface area contributed by atoms with Crippen LogP contribution in [0.4, 0.5) is 5.69 Å². The predicted octanol–water partition coefficient (Wildman–Crippen LogP) is 2.32. The number of nitrogen functional groups attached to an aromatic ring is 1. The summed E-state index contributed by atoms with van der Waals surface area (Å²) in [6.07, 6.45) is 3.33. The summed E-state index contributed by atoms with van der Waals surface area (Å²) in [6, 6.07) is 1.69. The highest BCUT2D eigenvalue weighted by Crippen LogP contribution is 2.38. The lowest BCUT2D eigenvalue weighted by molar-refractivity contribution is 0.00578. The van der Waals surface area contributed by atoms with Gasteiger partial charge in [0.1, 0.15) is 0 Å². The molecule has 0 atom stereocenters. The number of hydrogen-bond donors (Lipinski definition) is 2. The molecular weight excluding hydrogens is 290 g/mol. The standard InChI is InChI=1S/C14H20BClN2O3/c1-13(2)14(3,4)21-15(20-13)10(8-19)5-9-6-11(17)12(16)18-7-9/h5-7,19H,8,17H2,1-4H3. The van der Waals surface area contributed by atoms with Crippen LogP contribution < -0.4 is 5.73 Å². The molecule has 0 aliphatic carbocycles. The first kappa shape index (κ1) is 16.3. The molecule has 21 heavy (non-hydrogen) atoms. The van der Waals surface area contributed by atoms with Crippen LogP contribution in [0.25, 0.3) is 6.08 Å². The molecule has 1 aromatic rings. The lowest BCUT2D eigenvalue weighted by Gasteiger charge is -2.32. The molecule has 0 unspecified atom stereocenters. The van der Waals surface area contributed by atoms with Gasteiger partial charge in [-0.15, -0.1) is 0 Å². The summed E-state index contributed by atoms with van der Waals surface area (Å²) in [5, 5.41) is 9.86. The molecule has 114 valence electrons. The number of pyridine rings is 1. The molecule has 0 amide bonds. The summed E-state index contributed by atoms with van der Waals surface area (Å²) >= 11 is 5.80. The largest absolute Gasteiger partial charge is 0.492 e. The Labute approximate surface area is 130 Å². The zero-order valence-corrected chi connectivity index (χ0v) is 13.4. The Morgan fingerprint density at radius 1 is 1.38 bits per heavy atom. The number of hydrogen-bond acceptors (Lipinski definition) is 5. The first-order chi connectivity index (χ1) is 9.66. The fourth-order valence-corrected chi connectivity index (χ4v) is 2.06. The maximum absolute atomic E-state index is 9.61. The summed E-state index contributed by atoms with van der Waals surface area (Å²) in [5.74, 6) is 0. The second-order valence-corrected chi connectivity index (χ2v) is 6.47. The Morgan fingerprint density at radius 2 is 1.95 bits per heavy atom. The van der Waals surface area contributed by atoms with E-state index in [1.165, 1.54) is 0 Å². The molecule has 0 aromatic carbocycles. The Balaban J connectivity index is 2.28. The van der Waals surface area contributed by atoms with Gasteiger partial charge in [-0.25, -0.2) is 4.98 Å². The van der Waals surface area contributed by atoms with Crippen molar-refractivity contribution in [2.24, 2.45) is 0 Å². The average molecular weight is 311 g/mol. The molecule has 7 heteroatoms. The lowest BCUT2D eigenvalue weighted by Crippen LogP contribution is -2.41. The van der Waals surface area contributed by atoms with Crippen molar-refractivity contribution in [3.63, 3.8) is 0 Å². The number of halogens is 1. The van der Waals surface area contributed by atoms with Gasteiger partial charge in [-0.1, -0.05) is 17.7 Å². The van der Waals surface area contributed by atoms with Crippen molar-refractivity contribution >= 4 is 30.5 Å². The Kier molecular flexibility index (Phi) is 4.35. The van der Waals surface area contributed by atoms with E-state index in [1.54, 1.807) is 18.3 Å². The van der Waals surface area contributed by atoms with Gasteiger partial charge in [0.15, 0.2) is 5.15 Å². The summed E-state index contributed by atoms with van der Waals surface area (Å²) < 4.78 is 11.8. The van der Waals surface area contributed by atoms with Gasteiger partial charge in [0.25, 0.3) is 0 Å². The highest BCUT2D eigenvalue weighted by molar-refractivity contribution is 6.55. The molecule has 0 bridgehead atoms. The second-order valence-electron chi connectivity index (χ2n) is 6.11. The second kappa shape index (κ2) is 5.61. The third-order valence-corrected chi connectivity index (χ3v) is 4.29. The maximum atomic E-state index is 9.61. The van der Waals surface area contributed by atoms with E-state index in [0.717, 1.165) is 5.56 Å². The van der Waals surface area contributed by atoms with Gasteiger partial charge in [0, 0.05) is 6.20 Å². The molecule has 1 aliphatic rings. The maximum Gasteiger partial charge on any atom is 0.492 e. The van der Waals surface area contributed by atoms with E-state index >= 15 is 0 Å². The smallest absolute Gasteiger partial charge is 0.400 e. The van der Waals surface area contributed by atoms with Crippen LogP contribution in [0.2, 0.25) is 5.15 Å². The van der Waals surface area contributed by atoms with Gasteiger partial charge in [0.05, 0.1) is 23.5 Å². The average Bonchev–Trinajstić information content (AvgIpc) is 2.59. The SMILES string of the molecule is CC1(C)OB(C(=Cc2cnc(Cl)c(N)c2)CO)OC1(C)C. The molecule has 2 rings (SSSR count). The van der Waals surface area contributed by atoms with Gasteiger partial charge in [-0.05, 0) is 44.8 Å². The van der Waals surface area contributed by atoms with Crippen molar-refractivity contribution in [1.29, 1.82) is 0 Å². The normalized spacial score (nSPS) is 20.9. The van der Waals surface area contributed by atoms with E-state index in [2.05, 4.69) is 4.98 Å². The zero-order chi connectivity index (χ0) is 15.8. The number of aliphatic hydroxyl groups is 1. The minimum absolute atomic E-state index is 0.181. The molecule has 0 saturated carbocycles. The minimum atomic E-state index is -0.600. The van der Waals surface area contributed by atoms with E-state index in [-0.39, 0.29) is 11.8 Å². The Hall–Kier alpha value is -1.08. The third-order valence-electron chi connectivity index (χ3n) is 3.98. The van der Waals surface area contributed by atoms with Gasteiger partial charge < -0.3 is 20.1 Å². The van der Waals surface area contributed by atoms with E-state index in [0.29, 0.717) is 11.2 Å². The third kappa shape index (κ3) is 3.24. The summed E-state index contributed by atoms with van der Waals surface area (Å²) in [5.41, 5.74) is 6.54. The molecule has 1 fully saturated rings. The van der Waals surface area contributed by atoms with Crippen molar-refractivity contribution < 1.29 is 14.4 Å². The lowest BCUT2D eigenvalue weighted by atomic mass is 9.77. The van der Waals surface area contributed by atoms with Crippen LogP contribution in [0.1, 0.15) is 33.3 Å². The first-order valence-electron chi connectivity index (χ1n) is 6.74. The van der Waals surface area contributed by atoms with Crippen molar-refractivity contribution in [3.05, 3.63) is 28.5 Å². The van der Waals surface area contributed by atoms with Gasteiger partial charge >= 0.3 is 7.12 Å². The van der Waals surface area contributed by atoms with Crippen LogP contribution in [-0.4, -0.2) is 35.0 Å². The number of aliphatic hydroxyl groups excluding tert-OH is 1. The van der Waals surface area contributed by atoms with Crippen LogP contribution in [0.15, 0.2) is 17.7 Å². The Bertz CT molecular complexity index is 559. The Morgan fingerprint density at radius 3 is 2.43 bits per heavy atom. The molecule has 1 aromatic heterocycles. The van der Waals surface area contributed by atoms with Crippen LogP contribution in [0.5, 0.6) is 0 Å². The number of anilines is 1. The number of nitrogens with two attached hydrogens (primary N) is 1. The fourth-order valence-electron chi connectivity index (χ4n) is 1.96. The van der Waals surface area contributed by atoms with Crippen LogP contribution in [-0.2, 0) is 9.31 Å². The van der Waals surface area contributed by atoms with Gasteiger partial charge in [0.2, 0.25) is 0 Å². The zero-order valence-electron chi connectivity index (χ0n) is 12.7. The molecule has 1 saturated heterocycles. The van der Waals surface area contributed by atoms with Crippen molar-refractivity contribution in [2.75, 3.05) is 12.3 Å². The molecular formula is C14H20BClN2O3. The first-order valence-corrected chi connectivity index (χ1v) is 7.12. The van der Waals surface area contributed by atoms with Crippen LogP contribution in [0.3, 0.4) is 0 Å². The van der Waals surface area contributed by atoms with Crippen molar-refractivity contribution in [1.82, 2.24) is 4.98 Å².